The standard InChI is InChI=1S/C14H21ClN2O.ClH/c1-11-5-7-12(8-6-11)17-13(14(18)10-15)4-2-3-9-16;/h5-8,13,17H,2-4,9-10,16H2,1H3;1H. The highest BCUT2D eigenvalue weighted by Crippen LogP contribution is 2.13. The summed E-state index contributed by atoms with van der Waals surface area (Å²) in [5.74, 6) is 0.0841. The smallest absolute Gasteiger partial charge is 0.169 e. The van der Waals surface area contributed by atoms with Crippen LogP contribution in [0.4, 0.5) is 5.69 Å². The van der Waals surface area contributed by atoms with Crippen LogP contribution >= 0.6 is 24.0 Å². The van der Waals surface area contributed by atoms with E-state index in [1.54, 1.807) is 0 Å². The lowest BCUT2D eigenvalue weighted by atomic mass is 10.1. The van der Waals surface area contributed by atoms with E-state index in [2.05, 4.69) is 5.32 Å². The number of aryl methyl sites for hydroxylation is 1. The van der Waals surface area contributed by atoms with E-state index in [9.17, 15) is 4.79 Å². The molecule has 1 aromatic carbocycles. The van der Waals surface area contributed by atoms with Gasteiger partial charge in [-0.3, -0.25) is 4.79 Å². The summed E-state index contributed by atoms with van der Waals surface area (Å²) >= 11 is 5.64. The Morgan fingerprint density at radius 1 is 1.32 bits per heavy atom. The van der Waals surface area contributed by atoms with E-state index in [1.165, 1.54) is 5.56 Å². The van der Waals surface area contributed by atoms with Crippen molar-refractivity contribution in [2.45, 2.75) is 32.2 Å². The third-order valence-corrected chi connectivity index (χ3v) is 3.12. The van der Waals surface area contributed by atoms with Crippen LogP contribution in [0.1, 0.15) is 24.8 Å². The van der Waals surface area contributed by atoms with Gasteiger partial charge in [0.25, 0.3) is 0 Å². The molecule has 1 aromatic rings. The van der Waals surface area contributed by atoms with Crippen molar-refractivity contribution in [2.75, 3.05) is 17.7 Å². The first-order valence-corrected chi connectivity index (χ1v) is 6.82. The van der Waals surface area contributed by atoms with Crippen LogP contribution in [0.15, 0.2) is 24.3 Å². The van der Waals surface area contributed by atoms with Crippen LogP contribution in [0.3, 0.4) is 0 Å². The summed E-state index contributed by atoms with van der Waals surface area (Å²) in [6.45, 7) is 2.69. The topological polar surface area (TPSA) is 55.1 Å². The maximum absolute atomic E-state index is 11.8. The quantitative estimate of drug-likeness (QED) is 0.573. The number of hydrogen-bond acceptors (Lipinski definition) is 3. The van der Waals surface area contributed by atoms with E-state index in [1.807, 2.05) is 31.2 Å². The highest BCUT2D eigenvalue weighted by Gasteiger charge is 2.16. The molecule has 0 aliphatic rings. The lowest BCUT2D eigenvalue weighted by molar-refractivity contribution is -0.117. The van der Waals surface area contributed by atoms with Gasteiger partial charge in [-0.1, -0.05) is 17.7 Å². The Hall–Kier alpha value is -0.770. The van der Waals surface area contributed by atoms with Crippen LogP contribution in [-0.4, -0.2) is 24.2 Å². The molecule has 0 bridgehead atoms. The second-order valence-electron chi connectivity index (χ2n) is 4.45. The average molecular weight is 305 g/mol. The number of ketones is 1. The second-order valence-corrected chi connectivity index (χ2v) is 4.71. The van der Waals surface area contributed by atoms with Crippen molar-refractivity contribution in [3.8, 4) is 0 Å². The van der Waals surface area contributed by atoms with Gasteiger partial charge in [0.1, 0.15) is 0 Å². The molecular weight excluding hydrogens is 283 g/mol. The molecule has 0 heterocycles. The first-order chi connectivity index (χ1) is 8.67. The molecule has 3 N–H and O–H groups in total. The van der Waals surface area contributed by atoms with Crippen LogP contribution in [0, 0.1) is 6.92 Å². The number of halogens is 2. The second kappa shape index (κ2) is 10.1. The van der Waals surface area contributed by atoms with Crippen molar-refractivity contribution in [1.29, 1.82) is 0 Å². The van der Waals surface area contributed by atoms with Crippen LogP contribution in [0.25, 0.3) is 0 Å². The third-order valence-electron chi connectivity index (χ3n) is 2.86. The van der Waals surface area contributed by atoms with Gasteiger partial charge in [-0.2, -0.15) is 0 Å². The molecule has 108 valence electrons. The molecule has 0 amide bonds. The van der Waals surface area contributed by atoms with Crippen LogP contribution in [0.5, 0.6) is 0 Å². The lowest BCUT2D eigenvalue weighted by Crippen LogP contribution is -2.30. The van der Waals surface area contributed by atoms with Crippen LogP contribution in [-0.2, 0) is 4.79 Å². The van der Waals surface area contributed by atoms with Gasteiger partial charge in [-0.05, 0) is 44.9 Å². The first kappa shape index (κ1) is 18.2. The predicted octanol–water partition coefficient (Wildman–Crippen LogP) is 3.13. The molecule has 0 radical (unpaired) electrons. The summed E-state index contributed by atoms with van der Waals surface area (Å²) in [6.07, 6.45) is 2.64. The zero-order valence-corrected chi connectivity index (χ0v) is 12.8. The van der Waals surface area contributed by atoms with Crippen molar-refractivity contribution in [3.05, 3.63) is 29.8 Å². The summed E-state index contributed by atoms with van der Waals surface area (Å²) < 4.78 is 0. The van der Waals surface area contributed by atoms with Gasteiger partial charge in [0.05, 0.1) is 11.9 Å². The zero-order chi connectivity index (χ0) is 13.4. The summed E-state index contributed by atoms with van der Waals surface area (Å²) in [4.78, 5) is 11.8. The van der Waals surface area contributed by atoms with E-state index in [0.29, 0.717) is 6.54 Å². The molecule has 0 saturated carbocycles. The Kier molecular flexibility index (Phi) is 9.66. The van der Waals surface area contributed by atoms with E-state index in [-0.39, 0.29) is 30.1 Å². The van der Waals surface area contributed by atoms with Crippen molar-refractivity contribution < 1.29 is 4.79 Å². The molecule has 1 atom stereocenters. The van der Waals surface area contributed by atoms with E-state index >= 15 is 0 Å². The van der Waals surface area contributed by atoms with Crippen molar-refractivity contribution in [3.63, 3.8) is 0 Å². The molecule has 0 saturated heterocycles. The zero-order valence-electron chi connectivity index (χ0n) is 11.2. The monoisotopic (exact) mass is 304 g/mol. The largest absolute Gasteiger partial charge is 0.375 e. The molecule has 1 unspecified atom stereocenters. The number of rotatable bonds is 8. The van der Waals surface area contributed by atoms with Crippen molar-refractivity contribution in [1.82, 2.24) is 0 Å². The summed E-state index contributed by atoms with van der Waals surface area (Å²) in [5.41, 5.74) is 7.61. The molecule has 0 aliphatic heterocycles. The highest BCUT2D eigenvalue weighted by molar-refractivity contribution is 6.28. The van der Waals surface area contributed by atoms with E-state index in [4.69, 9.17) is 17.3 Å². The van der Waals surface area contributed by atoms with Crippen molar-refractivity contribution >= 4 is 35.5 Å². The normalized spacial score (nSPS) is 11.5. The SMILES string of the molecule is Cc1ccc(NC(CCCCN)C(=O)CCl)cc1.Cl. The molecule has 3 nitrogen and oxygen atoms in total. The van der Waals surface area contributed by atoms with Crippen LogP contribution < -0.4 is 11.1 Å². The number of alkyl halides is 1. The fourth-order valence-corrected chi connectivity index (χ4v) is 1.94. The number of nitrogens with one attached hydrogen (secondary N) is 1. The van der Waals surface area contributed by atoms with Gasteiger partial charge in [-0.15, -0.1) is 24.0 Å². The maximum Gasteiger partial charge on any atom is 0.169 e. The molecule has 0 aliphatic carbocycles. The number of anilines is 1. The molecule has 19 heavy (non-hydrogen) atoms. The maximum atomic E-state index is 11.8. The first-order valence-electron chi connectivity index (χ1n) is 6.29. The summed E-state index contributed by atoms with van der Waals surface area (Å²) in [7, 11) is 0. The van der Waals surface area contributed by atoms with Gasteiger partial charge in [0.2, 0.25) is 0 Å². The summed E-state index contributed by atoms with van der Waals surface area (Å²) in [6, 6.07) is 7.78. The van der Waals surface area contributed by atoms with Gasteiger partial charge in [0, 0.05) is 5.69 Å². The number of Topliss-reactive ketones (excluding diaryl/α,β-unsaturated/α-hetero) is 1. The molecule has 0 aromatic heterocycles. The van der Waals surface area contributed by atoms with E-state index < -0.39 is 0 Å². The number of carbonyl (C=O) groups is 1. The van der Waals surface area contributed by atoms with E-state index in [0.717, 1.165) is 24.9 Å². The number of unbranched alkanes of at least 4 members (excludes halogenated alkanes) is 1. The molecule has 0 fully saturated rings. The Bertz CT molecular complexity index is 368. The fourth-order valence-electron chi connectivity index (χ4n) is 1.75. The highest BCUT2D eigenvalue weighted by atomic mass is 35.5. The lowest BCUT2D eigenvalue weighted by Gasteiger charge is -2.18. The molecule has 0 spiro atoms. The average Bonchev–Trinajstić information content (AvgIpc) is 2.39. The minimum atomic E-state index is -0.211. The molecular formula is C14H22Cl2N2O. The fraction of sp³-hybridized carbons (Fsp3) is 0.500. The predicted molar refractivity (Wildman–Crippen MR) is 84.5 cm³/mol. The Morgan fingerprint density at radius 2 is 1.95 bits per heavy atom. The molecule has 1 rings (SSSR count). The van der Waals surface area contributed by atoms with Gasteiger partial charge in [-0.25, -0.2) is 0 Å². The minimum absolute atomic E-state index is 0. The van der Waals surface area contributed by atoms with Crippen molar-refractivity contribution in [2.24, 2.45) is 5.73 Å². The number of hydrogen-bond donors (Lipinski definition) is 2. The van der Waals surface area contributed by atoms with Gasteiger partial charge in [0.15, 0.2) is 5.78 Å². The number of benzene rings is 1. The van der Waals surface area contributed by atoms with Crippen LogP contribution in [0.2, 0.25) is 0 Å². The van der Waals surface area contributed by atoms with Gasteiger partial charge < -0.3 is 11.1 Å². The molecule has 5 heteroatoms. The van der Waals surface area contributed by atoms with Gasteiger partial charge >= 0.3 is 0 Å². The Balaban J connectivity index is 0.00000324. The third kappa shape index (κ3) is 6.81. The number of nitrogens with two attached hydrogens (primary N) is 1. The Labute approximate surface area is 126 Å². The minimum Gasteiger partial charge on any atom is -0.375 e. The summed E-state index contributed by atoms with van der Waals surface area (Å²) in [5, 5.41) is 3.24. The number of carbonyl (C=O) groups excluding carboxylic acids is 1. The Morgan fingerprint density at radius 3 is 2.47 bits per heavy atom.